The van der Waals surface area contributed by atoms with Crippen LogP contribution in [0, 0.1) is 5.92 Å². The molecule has 1 aliphatic carbocycles. The zero-order valence-electron chi connectivity index (χ0n) is 11.6. The van der Waals surface area contributed by atoms with Crippen molar-refractivity contribution in [2.24, 2.45) is 5.92 Å². The van der Waals surface area contributed by atoms with Crippen molar-refractivity contribution in [3.05, 3.63) is 0 Å². The summed E-state index contributed by atoms with van der Waals surface area (Å²) >= 11 is 0. The Labute approximate surface area is 111 Å². The third-order valence-corrected chi connectivity index (χ3v) is 3.49. The van der Waals surface area contributed by atoms with Gasteiger partial charge in [-0.3, -0.25) is 0 Å². The molecule has 0 aromatic heterocycles. The lowest BCUT2D eigenvalue weighted by Crippen LogP contribution is -2.28. The van der Waals surface area contributed by atoms with Crippen molar-refractivity contribution in [1.82, 2.24) is 0 Å². The number of aliphatic hydroxyl groups excluding tert-OH is 1. The number of hydrogen-bond donors (Lipinski definition) is 1. The molecule has 1 rings (SSSR count). The normalized spacial score (nSPS) is 19.0. The monoisotopic (exact) mass is 260 g/mol. The maximum absolute atomic E-state index is 9.96. The first-order valence-corrected chi connectivity index (χ1v) is 7.17. The number of aliphatic hydroxyl groups is 1. The lowest BCUT2D eigenvalue weighted by Gasteiger charge is -2.26. The van der Waals surface area contributed by atoms with Crippen LogP contribution >= 0.6 is 0 Å². The van der Waals surface area contributed by atoms with Gasteiger partial charge in [-0.25, -0.2) is 0 Å². The molecule has 1 N–H and O–H groups in total. The first-order chi connectivity index (χ1) is 8.84. The topological polar surface area (TPSA) is 47.9 Å². The predicted molar refractivity (Wildman–Crippen MR) is 70.7 cm³/mol. The van der Waals surface area contributed by atoms with Crippen LogP contribution in [0.5, 0.6) is 0 Å². The standard InChI is InChI=1S/C14H28O4/c1-16-8-5-9-17-10-11-18-12-14(15)13-6-3-2-4-7-13/h13-15H,2-12H2,1H3. The molecule has 0 aromatic rings. The number of rotatable bonds is 10. The maximum Gasteiger partial charge on any atom is 0.0801 e. The molecule has 1 atom stereocenters. The molecule has 4 nitrogen and oxygen atoms in total. The zero-order valence-corrected chi connectivity index (χ0v) is 11.6. The maximum atomic E-state index is 9.96. The molecule has 0 amide bonds. The van der Waals surface area contributed by atoms with Crippen LogP contribution in [-0.4, -0.2) is 51.4 Å². The molecule has 0 saturated heterocycles. The van der Waals surface area contributed by atoms with Crippen LogP contribution in [0.1, 0.15) is 38.5 Å². The second kappa shape index (κ2) is 10.7. The molecule has 1 aliphatic rings. The Morgan fingerprint density at radius 1 is 1.00 bits per heavy atom. The van der Waals surface area contributed by atoms with Crippen molar-refractivity contribution in [3.63, 3.8) is 0 Å². The molecule has 1 saturated carbocycles. The smallest absolute Gasteiger partial charge is 0.0801 e. The van der Waals surface area contributed by atoms with Crippen LogP contribution in [-0.2, 0) is 14.2 Å². The first-order valence-electron chi connectivity index (χ1n) is 7.17. The summed E-state index contributed by atoms with van der Waals surface area (Å²) in [6.45, 7) is 3.06. The minimum atomic E-state index is -0.293. The molecule has 0 aliphatic heterocycles. The molecular formula is C14H28O4. The molecule has 0 aromatic carbocycles. The van der Waals surface area contributed by atoms with E-state index in [9.17, 15) is 5.11 Å². The van der Waals surface area contributed by atoms with Crippen LogP contribution in [0.4, 0.5) is 0 Å². The lowest BCUT2D eigenvalue weighted by atomic mass is 9.85. The van der Waals surface area contributed by atoms with Gasteiger partial charge in [-0.1, -0.05) is 19.3 Å². The molecule has 4 heteroatoms. The Morgan fingerprint density at radius 3 is 2.44 bits per heavy atom. The van der Waals surface area contributed by atoms with Gasteiger partial charge < -0.3 is 19.3 Å². The molecule has 108 valence electrons. The molecule has 18 heavy (non-hydrogen) atoms. The predicted octanol–water partition coefficient (Wildman–Crippen LogP) is 2.00. The number of hydrogen-bond acceptors (Lipinski definition) is 4. The summed E-state index contributed by atoms with van der Waals surface area (Å²) in [4.78, 5) is 0. The van der Waals surface area contributed by atoms with Gasteiger partial charge >= 0.3 is 0 Å². The van der Waals surface area contributed by atoms with Crippen molar-refractivity contribution in [1.29, 1.82) is 0 Å². The summed E-state index contributed by atoms with van der Waals surface area (Å²) in [5, 5.41) is 9.96. The van der Waals surface area contributed by atoms with E-state index < -0.39 is 0 Å². The molecule has 1 unspecified atom stereocenters. The van der Waals surface area contributed by atoms with Crippen molar-refractivity contribution in [2.45, 2.75) is 44.6 Å². The SMILES string of the molecule is COCCCOCCOCC(O)C1CCCCC1. The third kappa shape index (κ3) is 7.31. The van der Waals surface area contributed by atoms with Gasteiger partial charge in [-0.05, 0) is 25.2 Å². The molecule has 0 heterocycles. The Kier molecular flexibility index (Phi) is 9.48. The minimum Gasteiger partial charge on any atom is -0.390 e. The van der Waals surface area contributed by atoms with Gasteiger partial charge in [0, 0.05) is 20.3 Å². The van der Waals surface area contributed by atoms with Crippen molar-refractivity contribution < 1.29 is 19.3 Å². The van der Waals surface area contributed by atoms with E-state index in [2.05, 4.69) is 0 Å². The summed E-state index contributed by atoms with van der Waals surface area (Å²) in [6.07, 6.45) is 6.75. The quantitative estimate of drug-likeness (QED) is 0.610. The van der Waals surface area contributed by atoms with Crippen LogP contribution < -0.4 is 0 Å². The van der Waals surface area contributed by atoms with E-state index in [0.29, 0.717) is 32.3 Å². The second-order valence-corrected chi connectivity index (χ2v) is 5.00. The summed E-state index contributed by atoms with van der Waals surface area (Å²) < 4.78 is 15.7. The zero-order chi connectivity index (χ0) is 13.1. The Hall–Kier alpha value is -0.160. The van der Waals surface area contributed by atoms with Crippen LogP contribution in [0.2, 0.25) is 0 Å². The molecular weight excluding hydrogens is 232 g/mol. The van der Waals surface area contributed by atoms with Gasteiger partial charge in [0.25, 0.3) is 0 Å². The van der Waals surface area contributed by atoms with Crippen molar-refractivity contribution in [2.75, 3.05) is 40.1 Å². The minimum absolute atomic E-state index is 0.293. The molecule has 0 spiro atoms. The number of methoxy groups -OCH3 is 1. The van der Waals surface area contributed by atoms with Gasteiger partial charge in [0.2, 0.25) is 0 Å². The Balaban J connectivity index is 1.87. The van der Waals surface area contributed by atoms with E-state index in [1.54, 1.807) is 7.11 Å². The van der Waals surface area contributed by atoms with Crippen molar-refractivity contribution in [3.8, 4) is 0 Å². The van der Waals surface area contributed by atoms with Gasteiger partial charge in [-0.15, -0.1) is 0 Å². The highest BCUT2D eigenvalue weighted by Gasteiger charge is 2.21. The van der Waals surface area contributed by atoms with Crippen LogP contribution in [0.15, 0.2) is 0 Å². The Bertz CT molecular complexity index is 181. The van der Waals surface area contributed by atoms with Crippen molar-refractivity contribution >= 4 is 0 Å². The second-order valence-electron chi connectivity index (χ2n) is 5.00. The highest BCUT2D eigenvalue weighted by molar-refractivity contribution is 4.72. The van der Waals surface area contributed by atoms with E-state index >= 15 is 0 Å². The van der Waals surface area contributed by atoms with Gasteiger partial charge in [0.15, 0.2) is 0 Å². The van der Waals surface area contributed by atoms with Crippen LogP contribution in [0.25, 0.3) is 0 Å². The first kappa shape index (κ1) is 15.9. The molecule has 0 radical (unpaired) electrons. The fraction of sp³-hybridized carbons (Fsp3) is 1.00. The van der Waals surface area contributed by atoms with Gasteiger partial charge in [0.05, 0.1) is 25.9 Å². The van der Waals surface area contributed by atoms with Crippen LogP contribution in [0.3, 0.4) is 0 Å². The van der Waals surface area contributed by atoms with Gasteiger partial charge in [0.1, 0.15) is 0 Å². The summed E-state index contributed by atoms with van der Waals surface area (Å²) in [5.41, 5.74) is 0. The molecule has 1 fully saturated rings. The van der Waals surface area contributed by atoms with Gasteiger partial charge in [-0.2, -0.15) is 0 Å². The fourth-order valence-electron chi connectivity index (χ4n) is 2.38. The summed E-state index contributed by atoms with van der Waals surface area (Å²) in [5.74, 6) is 0.446. The van der Waals surface area contributed by atoms with E-state index in [1.807, 2.05) is 0 Å². The fourth-order valence-corrected chi connectivity index (χ4v) is 2.38. The van der Waals surface area contributed by atoms with E-state index in [4.69, 9.17) is 14.2 Å². The number of ether oxygens (including phenoxy) is 3. The largest absolute Gasteiger partial charge is 0.390 e. The molecule has 0 bridgehead atoms. The Morgan fingerprint density at radius 2 is 1.72 bits per heavy atom. The van der Waals surface area contributed by atoms with E-state index in [-0.39, 0.29) is 6.10 Å². The highest BCUT2D eigenvalue weighted by atomic mass is 16.5. The van der Waals surface area contributed by atoms with E-state index in [0.717, 1.165) is 25.9 Å². The third-order valence-electron chi connectivity index (χ3n) is 3.49. The van der Waals surface area contributed by atoms with E-state index in [1.165, 1.54) is 19.3 Å². The summed E-state index contributed by atoms with van der Waals surface area (Å²) in [6, 6.07) is 0. The summed E-state index contributed by atoms with van der Waals surface area (Å²) in [7, 11) is 1.69. The highest BCUT2D eigenvalue weighted by Crippen LogP contribution is 2.26. The lowest BCUT2D eigenvalue weighted by molar-refractivity contribution is -0.0246. The average Bonchev–Trinajstić information content (AvgIpc) is 2.42. The average molecular weight is 260 g/mol.